The molecule has 28 heavy (non-hydrogen) atoms. The van der Waals surface area contributed by atoms with Gasteiger partial charge in [-0.3, -0.25) is 9.59 Å². The van der Waals surface area contributed by atoms with Crippen LogP contribution in [0.15, 0.2) is 52.4 Å². The van der Waals surface area contributed by atoms with E-state index in [-0.39, 0.29) is 27.6 Å². The van der Waals surface area contributed by atoms with Crippen LogP contribution in [0.5, 0.6) is 5.75 Å². The molecule has 1 amide bonds. The first-order valence-electron chi connectivity index (χ1n) is 8.49. The molecule has 0 radical (unpaired) electrons. The number of aryl methyl sites for hydroxylation is 1. The van der Waals surface area contributed by atoms with Gasteiger partial charge in [0, 0.05) is 17.0 Å². The highest BCUT2D eigenvalue weighted by molar-refractivity contribution is 6.36. The second-order valence-electron chi connectivity index (χ2n) is 6.05. The van der Waals surface area contributed by atoms with Crippen molar-refractivity contribution in [3.63, 3.8) is 0 Å². The molecule has 0 atom stereocenters. The summed E-state index contributed by atoms with van der Waals surface area (Å²) in [6.45, 7) is 3.80. The van der Waals surface area contributed by atoms with Crippen molar-refractivity contribution >= 4 is 45.7 Å². The predicted molar refractivity (Wildman–Crippen MR) is 112 cm³/mol. The number of carbonyl (C=O) groups is 1. The molecule has 0 aliphatic heterocycles. The topological polar surface area (TPSA) is 83.7 Å². The first-order chi connectivity index (χ1) is 13.3. The van der Waals surface area contributed by atoms with Crippen molar-refractivity contribution < 1.29 is 9.90 Å². The van der Waals surface area contributed by atoms with Gasteiger partial charge >= 0.3 is 0 Å². The SMILES string of the molecule is CCn1c(=O)c(/C(C)=N/NC(=O)c2ccc(Cl)cc2Cl)c(O)c2ccccc21. The second kappa shape index (κ2) is 8.04. The van der Waals surface area contributed by atoms with Crippen LogP contribution in [-0.4, -0.2) is 21.3 Å². The summed E-state index contributed by atoms with van der Waals surface area (Å²) in [5.74, 6) is -0.734. The van der Waals surface area contributed by atoms with Gasteiger partial charge < -0.3 is 9.67 Å². The smallest absolute Gasteiger partial charge is 0.272 e. The van der Waals surface area contributed by atoms with E-state index in [2.05, 4.69) is 10.5 Å². The lowest BCUT2D eigenvalue weighted by Gasteiger charge is -2.13. The number of benzene rings is 2. The molecule has 0 bridgehead atoms. The zero-order valence-electron chi connectivity index (χ0n) is 15.2. The minimum Gasteiger partial charge on any atom is -0.506 e. The lowest BCUT2D eigenvalue weighted by Crippen LogP contribution is -2.27. The van der Waals surface area contributed by atoms with Gasteiger partial charge in [-0.2, -0.15) is 5.10 Å². The Morgan fingerprint density at radius 1 is 1.21 bits per heavy atom. The first kappa shape index (κ1) is 19.9. The van der Waals surface area contributed by atoms with Gasteiger partial charge in [0.1, 0.15) is 11.3 Å². The zero-order valence-corrected chi connectivity index (χ0v) is 16.7. The van der Waals surface area contributed by atoms with Crippen LogP contribution in [0.4, 0.5) is 0 Å². The minimum atomic E-state index is -0.558. The summed E-state index contributed by atoms with van der Waals surface area (Å²) < 4.78 is 1.54. The minimum absolute atomic E-state index is 0.0306. The Bertz CT molecular complexity index is 1170. The highest BCUT2D eigenvalue weighted by Gasteiger charge is 2.18. The molecule has 0 fully saturated rings. The number of hydrogen-bond acceptors (Lipinski definition) is 4. The van der Waals surface area contributed by atoms with Crippen molar-refractivity contribution in [2.75, 3.05) is 0 Å². The van der Waals surface area contributed by atoms with Crippen molar-refractivity contribution in [3.05, 3.63) is 74.0 Å². The molecule has 1 heterocycles. The van der Waals surface area contributed by atoms with Crippen molar-refractivity contribution in [2.24, 2.45) is 5.10 Å². The van der Waals surface area contributed by atoms with Gasteiger partial charge in [-0.25, -0.2) is 5.43 Å². The molecule has 3 rings (SSSR count). The van der Waals surface area contributed by atoms with Gasteiger partial charge in [-0.15, -0.1) is 0 Å². The molecule has 144 valence electrons. The van der Waals surface area contributed by atoms with E-state index in [4.69, 9.17) is 23.2 Å². The number of fused-ring (bicyclic) bond motifs is 1. The van der Waals surface area contributed by atoms with E-state index in [1.807, 2.05) is 6.92 Å². The number of amides is 1. The Hall–Kier alpha value is -2.83. The second-order valence-corrected chi connectivity index (χ2v) is 6.90. The molecule has 2 N–H and O–H groups in total. The summed E-state index contributed by atoms with van der Waals surface area (Å²) in [5, 5.41) is 15.7. The van der Waals surface area contributed by atoms with Crippen LogP contribution in [0.25, 0.3) is 10.9 Å². The fraction of sp³-hybridized carbons (Fsp3) is 0.150. The van der Waals surface area contributed by atoms with Crippen LogP contribution in [0.3, 0.4) is 0 Å². The van der Waals surface area contributed by atoms with E-state index in [9.17, 15) is 14.7 Å². The Labute approximate surface area is 171 Å². The molecular weight excluding hydrogens is 401 g/mol. The number of rotatable bonds is 4. The van der Waals surface area contributed by atoms with Crippen molar-refractivity contribution in [3.8, 4) is 5.75 Å². The van der Waals surface area contributed by atoms with Crippen LogP contribution in [0, 0.1) is 0 Å². The third-order valence-electron chi connectivity index (χ3n) is 4.32. The number of para-hydroxylation sites is 1. The average molecular weight is 418 g/mol. The normalized spacial score (nSPS) is 11.6. The zero-order chi connectivity index (χ0) is 20.4. The molecule has 0 aliphatic carbocycles. The number of nitrogens with zero attached hydrogens (tertiary/aromatic N) is 2. The van der Waals surface area contributed by atoms with Crippen LogP contribution < -0.4 is 11.0 Å². The Balaban J connectivity index is 2.02. The summed E-state index contributed by atoms with van der Waals surface area (Å²) in [6.07, 6.45) is 0. The lowest BCUT2D eigenvalue weighted by molar-refractivity contribution is 0.0955. The molecule has 0 spiro atoms. The molecule has 0 unspecified atom stereocenters. The van der Waals surface area contributed by atoms with Gasteiger partial charge in [0.15, 0.2) is 0 Å². The number of hydrazone groups is 1. The maximum absolute atomic E-state index is 12.9. The molecule has 8 heteroatoms. The quantitative estimate of drug-likeness (QED) is 0.492. The van der Waals surface area contributed by atoms with Crippen LogP contribution in [-0.2, 0) is 6.54 Å². The average Bonchev–Trinajstić information content (AvgIpc) is 2.66. The van der Waals surface area contributed by atoms with Crippen LogP contribution in [0.1, 0.15) is 29.8 Å². The molecular formula is C20H17Cl2N3O3. The van der Waals surface area contributed by atoms with E-state index in [1.165, 1.54) is 25.1 Å². The maximum atomic E-state index is 12.9. The van der Waals surface area contributed by atoms with Crippen molar-refractivity contribution in [1.29, 1.82) is 0 Å². The van der Waals surface area contributed by atoms with Gasteiger partial charge in [0.25, 0.3) is 11.5 Å². The monoisotopic (exact) mass is 417 g/mol. The third-order valence-corrected chi connectivity index (χ3v) is 4.87. The number of nitrogens with one attached hydrogen (secondary N) is 1. The summed E-state index contributed by atoms with van der Waals surface area (Å²) >= 11 is 11.9. The Kier molecular flexibility index (Phi) is 5.72. The van der Waals surface area contributed by atoms with Crippen LogP contribution in [0.2, 0.25) is 10.0 Å². The molecule has 0 aliphatic rings. The highest BCUT2D eigenvalue weighted by Crippen LogP contribution is 2.26. The number of aromatic hydroxyl groups is 1. The number of halogens is 2. The molecule has 0 saturated carbocycles. The summed E-state index contributed by atoms with van der Waals surface area (Å²) in [4.78, 5) is 25.2. The van der Waals surface area contributed by atoms with Crippen LogP contribution >= 0.6 is 23.2 Å². The number of aromatic nitrogens is 1. The van der Waals surface area contributed by atoms with E-state index in [0.717, 1.165) is 0 Å². The van der Waals surface area contributed by atoms with E-state index >= 15 is 0 Å². The molecule has 3 aromatic rings. The molecule has 6 nitrogen and oxygen atoms in total. The lowest BCUT2D eigenvalue weighted by atomic mass is 10.1. The Morgan fingerprint density at radius 2 is 1.93 bits per heavy atom. The number of carbonyl (C=O) groups excluding carboxylic acids is 1. The first-order valence-corrected chi connectivity index (χ1v) is 9.25. The Morgan fingerprint density at radius 3 is 2.61 bits per heavy atom. The third kappa shape index (κ3) is 3.61. The fourth-order valence-electron chi connectivity index (χ4n) is 2.95. The van der Waals surface area contributed by atoms with Gasteiger partial charge in [0.05, 0.1) is 21.8 Å². The molecule has 0 saturated heterocycles. The highest BCUT2D eigenvalue weighted by atomic mass is 35.5. The predicted octanol–water partition coefficient (Wildman–Crippen LogP) is 4.19. The summed E-state index contributed by atoms with van der Waals surface area (Å²) in [6, 6.07) is 11.5. The number of hydrogen-bond donors (Lipinski definition) is 2. The maximum Gasteiger partial charge on any atom is 0.272 e. The summed E-state index contributed by atoms with van der Waals surface area (Å²) in [5.41, 5.74) is 2.99. The van der Waals surface area contributed by atoms with Gasteiger partial charge in [-0.1, -0.05) is 35.3 Å². The van der Waals surface area contributed by atoms with E-state index < -0.39 is 11.5 Å². The molecule has 1 aromatic heterocycles. The van der Waals surface area contributed by atoms with Crippen molar-refractivity contribution in [1.82, 2.24) is 9.99 Å². The van der Waals surface area contributed by atoms with Crippen molar-refractivity contribution in [2.45, 2.75) is 20.4 Å². The van der Waals surface area contributed by atoms with Gasteiger partial charge in [-0.05, 0) is 44.2 Å². The fourth-order valence-corrected chi connectivity index (χ4v) is 3.45. The number of pyridine rings is 1. The molecule has 2 aromatic carbocycles. The van der Waals surface area contributed by atoms with E-state index in [0.29, 0.717) is 22.5 Å². The largest absolute Gasteiger partial charge is 0.506 e. The van der Waals surface area contributed by atoms with Gasteiger partial charge in [0.2, 0.25) is 0 Å². The standard InChI is InChI=1S/C20H17Cl2N3O3/c1-3-25-16-7-5-4-6-14(16)18(26)17(20(25)28)11(2)23-24-19(27)13-9-8-12(21)10-15(13)22/h4-10,26H,3H2,1-2H3,(H,24,27)/b23-11+. The summed E-state index contributed by atoms with van der Waals surface area (Å²) in [7, 11) is 0. The van der Waals surface area contributed by atoms with E-state index in [1.54, 1.807) is 28.8 Å².